The number of halogens is 3. The molecule has 3 aromatic rings. The summed E-state index contributed by atoms with van der Waals surface area (Å²) in [6, 6.07) is 7.34. The number of pyridine rings is 1. The Bertz CT molecular complexity index is 1590. The zero-order valence-corrected chi connectivity index (χ0v) is 24.8. The van der Waals surface area contributed by atoms with Crippen LogP contribution in [0.15, 0.2) is 35.8 Å². The van der Waals surface area contributed by atoms with Crippen molar-refractivity contribution in [3.05, 3.63) is 47.7 Å². The summed E-state index contributed by atoms with van der Waals surface area (Å²) in [5.41, 5.74) is 0.878. The van der Waals surface area contributed by atoms with E-state index in [1.807, 2.05) is 23.4 Å². The van der Waals surface area contributed by atoms with E-state index in [-0.39, 0.29) is 23.4 Å². The van der Waals surface area contributed by atoms with Gasteiger partial charge in [-0.1, -0.05) is 0 Å². The van der Waals surface area contributed by atoms with E-state index in [1.54, 1.807) is 12.4 Å². The summed E-state index contributed by atoms with van der Waals surface area (Å²) in [6.45, 7) is 3.50. The summed E-state index contributed by atoms with van der Waals surface area (Å²) in [6.07, 6.45) is 4.19. The Morgan fingerprint density at radius 3 is 2.67 bits per heavy atom. The Kier molecular flexibility index (Phi) is 7.87. The number of likely N-dealkylation sites (tertiary alicyclic amines) is 2. The van der Waals surface area contributed by atoms with Crippen LogP contribution in [0.3, 0.4) is 0 Å². The smallest absolute Gasteiger partial charge is 0.433 e. The molecule has 1 aliphatic carbocycles. The van der Waals surface area contributed by atoms with Crippen LogP contribution in [0.25, 0.3) is 11.0 Å². The maximum Gasteiger partial charge on any atom is 0.433 e. The van der Waals surface area contributed by atoms with Crippen LogP contribution in [-0.4, -0.2) is 103 Å². The van der Waals surface area contributed by atoms with Gasteiger partial charge in [0.1, 0.15) is 23.8 Å². The van der Waals surface area contributed by atoms with Gasteiger partial charge in [-0.05, 0) is 49.8 Å². The zero-order chi connectivity index (χ0) is 31.2. The molecule has 4 aliphatic rings. The molecule has 3 aliphatic heterocycles. The minimum atomic E-state index is -4.58. The molecule has 14 heteroatoms. The average molecular weight is 624 g/mol. The Hall–Kier alpha value is -3.80. The van der Waals surface area contributed by atoms with Gasteiger partial charge in [0.15, 0.2) is 0 Å². The molecule has 0 aromatic carbocycles. The fraction of sp³-hybridized carbons (Fsp3) is 0.581. The third kappa shape index (κ3) is 6.08. The Morgan fingerprint density at radius 1 is 1.11 bits per heavy atom. The standard InChI is InChI=1S/C31H36F3N9O2/c32-31(33,34)26-11-20(14-41-10-6-23(44)16-41)12-27(40-26)45-24-3-1-22(2-4-24)42-17-30(18-42,7-8-35)43-15-21(13-39-43)28-25-5-9-36-29(25)38-19-37-28/h5,9,11-13,19,21-24,44H,1-4,6-7,10,14-18H2,(H,36,37,38)/t21?,22?,23-,24?/m1/s1. The molecular weight excluding hydrogens is 587 g/mol. The maximum atomic E-state index is 13.7. The van der Waals surface area contributed by atoms with Gasteiger partial charge >= 0.3 is 6.18 Å². The number of hydrogen-bond donors (Lipinski definition) is 2. The second kappa shape index (κ2) is 11.9. The summed E-state index contributed by atoms with van der Waals surface area (Å²) in [5, 5.41) is 27.3. The number of aliphatic hydroxyl groups excluding tert-OH is 1. The number of β-amino-alcohol motifs (C(OH)–C–C–N with tert-alkyl or cyclic N) is 1. The number of aliphatic hydroxyl groups is 1. The first-order valence-corrected chi connectivity index (χ1v) is 15.5. The molecule has 1 unspecified atom stereocenters. The summed E-state index contributed by atoms with van der Waals surface area (Å²) >= 11 is 0. The van der Waals surface area contributed by atoms with E-state index in [9.17, 15) is 23.5 Å². The highest BCUT2D eigenvalue weighted by Crippen LogP contribution is 2.40. The number of rotatable bonds is 8. The van der Waals surface area contributed by atoms with Crippen LogP contribution in [-0.2, 0) is 12.7 Å². The molecule has 0 amide bonds. The molecule has 0 radical (unpaired) electrons. The summed E-state index contributed by atoms with van der Waals surface area (Å²) in [7, 11) is 0. The molecule has 1 saturated carbocycles. The highest BCUT2D eigenvalue weighted by molar-refractivity contribution is 5.83. The van der Waals surface area contributed by atoms with Crippen molar-refractivity contribution in [3.63, 3.8) is 0 Å². The second-order valence-electron chi connectivity index (χ2n) is 12.8. The molecule has 0 bridgehead atoms. The van der Waals surface area contributed by atoms with E-state index >= 15 is 0 Å². The molecule has 2 saturated heterocycles. The zero-order valence-electron chi connectivity index (χ0n) is 24.8. The third-order valence-corrected chi connectivity index (χ3v) is 9.70. The SMILES string of the molecule is N#CCC1(N2CC(c3ncnc4[nH]ccc34)C=N2)CN(C2CCC(Oc3cc(CN4CC[C@@H](O)C4)cc(C(F)(F)F)n3)CC2)C1. The van der Waals surface area contributed by atoms with Crippen LogP contribution in [0.4, 0.5) is 13.2 Å². The first-order chi connectivity index (χ1) is 21.7. The topological polar surface area (TPSA) is 130 Å². The molecule has 2 atom stereocenters. The number of nitriles is 1. The third-order valence-electron chi connectivity index (χ3n) is 9.70. The number of hydrazone groups is 1. The van der Waals surface area contributed by atoms with E-state index in [4.69, 9.17) is 9.84 Å². The minimum Gasteiger partial charge on any atom is -0.474 e. The lowest BCUT2D eigenvalue weighted by atomic mass is 9.81. The molecule has 45 heavy (non-hydrogen) atoms. The lowest BCUT2D eigenvalue weighted by Crippen LogP contribution is -2.70. The van der Waals surface area contributed by atoms with Crippen LogP contribution in [0.1, 0.15) is 61.4 Å². The summed E-state index contributed by atoms with van der Waals surface area (Å²) in [4.78, 5) is 20.1. The Morgan fingerprint density at radius 2 is 1.93 bits per heavy atom. The lowest BCUT2D eigenvalue weighted by Gasteiger charge is -2.56. The van der Waals surface area contributed by atoms with E-state index in [0.29, 0.717) is 63.5 Å². The molecule has 3 fully saturated rings. The van der Waals surface area contributed by atoms with E-state index in [1.165, 1.54) is 0 Å². The van der Waals surface area contributed by atoms with Crippen molar-refractivity contribution >= 4 is 17.2 Å². The number of ether oxygens (including phenoxy) is 1. The molecule has 238 valence electrons. The van der Waals surface area contributed by atoms with Crippen molar-refractivity contribution in [2.24, 2.45) is 5.10 Å². The normalized spacial score (nSPS) is 27.1. The number of nitrogens with one attached hydrogen (secondary N) is 1. The van der Waals surface area contributed by atoms with E-state index < -0.39 is 18.0 Å². The molecule has 0 spiro atoms. The van der Waals surface area contributed by atoms with Gasteiger partial charge in [0, 0.05) is 62.6 Å². The van der Waals surface area contributed by atoms with Crippen LogP contribution in [0.5, 0.6) is 5.88 Å². The monoisotopic (exact) mass is 623 g/mol. The Balaban J connectivity index is 0.951. The van der Waals surface area contributed by atoms with Gasteiger partial charge in [0.25, 0.3) is 0 Å². The van der Waals surface area contributed by atoms with Crippen molar-refractivity contribution in [2.75, 3.05) is 32.7 Å². The van der Waals surface area contributed by atoms with Gasteiger partial charge in [0.05, 0.1) is 42.3 Å². The van der Waals surface area contributed by atoms with Crippen molar-refractivity contribution in [1.29, 1.82) is 5.26 Å². The molecule has 6 heterocycles. The summed E-state index contributed by atoms with van der Waals surface area (Å²) < 4.78 is 47.0. The van der Waals surface area contributed by atoms with Gasteiger partial charge in [-0.2, -0.15) is 23.5 Å². The van der Waals surface area contributed by atoms with Gasteiger partial charge in [0.2, 0.25) is 5.88 Å². The second-order valence-corrected chi connectivity index (χ2v) is 12.8. The molecule has 7 rings (SSSR count). The lowest BCUT2D eigenvalue weighted by molar-refractivity contribution is -0.141. The molecular formula is C31H36F3N9O2. The van der Waals surface area contributed by atoms with Crippen LogP contribution in [0.2, 0.25) is 0 Å². The van der Waals surface area contributed by atoms with Crippen molar-refractivity contribution in [3.8, 4) is 11.9 Å². The first-order valence-electron chi connectivity index (χ1n) is 15.5. The molecule has 2 N–H and O–H groups in total. The van der Waals surface area contributed by atoms with E-state index in [0.717, 1.165) is 48.7 Å². The van der Waals surface area contributed by atoms with Crippen molar-refractivity contribution in [1.82, 2.24) is 34.7 Å². The van der Waals surface area contributed by atoms with Crippen molar-refractivity contribution < 1.29 is 23.0 Å². The predicted molar refractivity (Wildman–Crippen MR) is 158 cm³/mol. The fourth-order valence-electron chi connectivity index (χ4n) is 7.35. The number of alkyl halides is 3. The number of hydrogen-bond acceptors (Lipinski definition) is 10. The average Bonchev–Trinajstić information content (AvgIpc) is 3.76. The van der Waals surface area contributed by atoms with Gasteiger partial charge in [-0.25, -0.2) is 15.0 Å². The van der Waals surface area contributed by atoms with Crippen LogP contribution in [0, 0.1) is 11.3 Å². The van der Waals surface area contributed by atoms with E-state index in [2.05, 4.69) is 35.9 Å². The minimum absolute atomic E-state index is 0.00191. The van der Waals surface area contributed by atoms with Crippen LogP contribution < -0.4 is 4.74 Å². The highest BCUT2D eigenvalue weighted by atomic mass is 19.4. The number of H-pyrrole nitrogens is 1. The molecule has 11 nitrogen and oxygen atoms in total. The fourth-order valence-corrected chi connectivity index (χ4v) is 7.35. The largest absolute Gasteiger partial charge is 0.474 e. The highest BCUT2D eigenvalue weighted by Gasteiger charge is 2.51. The van der Waals surface area contributed by atoms with Crippen LogP contribution >= 0.6 is 0 Å². The van der Waals surface area contributed by atoms with Gasteiger partial charge < -0.3 is 14.8 Å². The van der Waals surface area contributed by atoms with Crippen molar-refractivity contribution in [2.45, 2.75) is 81.0 Å². The summed E-state index contributed by atoms with van der Waals surface area (Å²) in [5.74, 6) is 0.0116. The Labute approximate surface area is 258 Å². The predicted octanol–water partition coefficient (Wildman–Crippen LogP) is 3.68. The number of nitrogens with zero attached hydrogens (tertiary/aromatic N) is 8. The maximum absolute atomic E-state index is 13.7. The first kappa shape index (κ1) is 29.9. The van der Waals surface area contributed by atoms with Gasteiger partial charge in [-0.3, -0.25) is 14.8 Å². The number of aromatic amines is 1. The number of aromatic nitrogens is 4. The number of fused-ring (bicyclic) bond motifs is 1. The molecule has 3 aromatic heterocycles. The van der Waals surface area contributed by atoms with Gasteiger partial charge in [-0.15, -0.1) is 0 Å². The quantitative estimate of drug-likeness (QED) is 0.386.